The number of aromatic nitrogens is 1. The number of carbonyl (C=O) groups is 1. The maximum Gasteiger partial charge on any atom is 0.339 e. The Morgan fingerprint density at radius 3 is 2.80 bits per heavy atom. The van der Waals surface area contributed by atoms with E-state index in [1.807, 2.05) is 0 Å². The first-order valence-corrected chi connectivity index (χ1v) is 4.28. The average Bonchev–Trinajstić information content (AvgIpc) is 2.21. The molecule has 0 aliphatic rings. The van der Waals surface area contributed by atoms with Gasteiger partial charge < -0.3 is 15.6 Å². The molecule has 0 unspecified atom stereocenters. The number of hydrogen-bond donors (Lipinski definition) is 2. The highest BCUT2D eigenvalue weighted by Crippen LogP contribution is 2.11. The standard InChI is InChI=1S/C10H12N2O3/c1-15-6-7-2-3-9(12-5-7)8(4-11)10(13)14/h2-5H,6,11H2,1H3,(H,13,14)/b8-4+. The molecule has 0 aromatic carbocycles. The van der Waals surface area contributed by atoms with Gasteiger partial charge in [0, 0.05) is 19.5 Å². The highest BCUT2D eigenvalue weighted by Gasteiger charge is 2.10. The number of ether oxygens (including phenoxy) is 1. The van der Waals surface area contributed by atoms with Gasteiger partial charge in [-0.3, -0.25) is 4.98 Å². The third-order valence-electron chi connectivity index (χ3n) is 1.81. The van der Waals surface area contributed by atoms with E-state index in [1.54, 1.807) is 25.4 Å². The van der Waals surface area contributed by atoms with Crippen molar-refractivity contribution in [2.45, 2.75) is 6.61 Å². The molecule has 5 nitrogen and oxygen atoms in total. The van der Waals surface area contributed by atoms with Crippen molar-refractivity contribution in [1.29, 1.82) is 0 Å². The largest absolute Gasteiger partial charge is 0.478 e. The molecule has 0 spiro atoms. The van der Waals surface area contributed by atoms with E-state index < -0.39 is 5.97 Å². The quantitative estimate of drug-likeness (QED) is 0.708. The van der Waals surface area contributed by atoms with Crippen LogP contribution in [0.1, 0.15) is 11.3 Å². The molecule has 1 rings (SSSR count). The van der Waals surface area contributed by atoms with E-state index in [0.29, 0.717) is 12.3 Å². The lowest BCUT2D eigenvalue weighted by Gasteiger charge is -2.02. The van der Waals surface area contributed by atoms with Crippen LogP contribution in [0.25, 0.3) is 5.57 Å². The van der Waals surface area contributed by atoms with Gasteiger partial charge in [-0.05, 0) is 11.6 Å². The van der Waals surface area contributed by atoms with E-state index in [1.165, 1.54) is 0 Å². The summed E-state index contributed by atoms with van der Waals surface area (Å²) in [6.45, 7) is 0.446. The Hall–Kier alpha value is -1.88. The number of pyridine rings is 1. The number of carboxylic acid groups (broad SMARTS) is 1. The molecule has 80 valence electrons. The van der Waals surface area contributed by atoms with Gasteiger partial charge in [0.25, 0.3) is 0 Å². The number of carboxylic acids is 1. The minimum absolute atomic E-state index is 0.0148. The smallest absolute Gasteiger partial charge is 0.339 e. The molecule has 15 heavy (non-hydrogen) atoms. The lowest BCUT2D eigenvalue weighted by Crippen LogP contribution is -2.04. The van der Waals surface area contributed by atoms with Crippen molar-refractivity contribution in [1.82, 2.24) is 4.98 Å². The molecular weight excluding hydrogens is 196 g/mol. The van der Waals surface area contributed by atoms with Gasteiger partial charge in [0.15, 0.2) is 0 Å². The minimum Gasteiger partial charge on any atom is -0.478 e. The number of nitrogens with zero attached hydrogens (tertiary/aromatic N) is 1. The average molecular weight is 208 g/mol. The van der Waals surface area contributed by atoms with E-state index in [0.717, 1.165) is 11.8 Å². The Labute approximate surface area is 87.2 Å². The second-order valence-corrected chi connectivity index (χ2v) is 2.87. The van der Waals surface area contributed by atoms with Crippen LogP contribution < -0.4 is 5.73 Å². The fourth-order valence-electron chi connectivity index (χ4n) is 1.10. The van der Waals surface area contributed by atoms with Gasteiger partial charge in [-0.2, -0.15) is 0 Å². The number of methoxy groups -OCH3 is 1. The zero-order valence-corrected chi connectivity index (χ0v) is 8.30. The van der Waals surface area contributed by atoms with Crippen LogP contribution in [0.2, 0.25) is 0 Å². The fraction of sp³-hybridized carbons (Fsp3) is 0.200. The van der Waals surface area contributed by atoms with Crippen LogP contribution in [0.15, 0.2) is 24.5 Å². The molecule has 0 fully saturated rings. The van der Waals surface area contributed by atoms with Gasteiger partial charge in [0.2, 0.25) is 0 Å². The molecule has 1 aromatic heterocycles. The van der Waals surface area contributed by atoms with Crippen LogP contribution in [0.3, 0.4) is 0 Å². The summed E-state index contributed by atoms with van der Waals surface area (Å²) in [6.07, 6.45) is 2.59. The summed E-state index contributed by atoms with van der Waals surface area (Å²) in [5, 5.41) is 8.79. The summed E-state index contributed by atoms with van der Waals surface area (Å²) in [5.41, 5.74) is 6.40. The highest BCUT2D eigenvalue weighted by atomic mass is 16.5. The van der Waals surface area contributed by atoms with Crippen LogP contribution in [0, 0.1) is 0 Å². The number of aliphatic carboxylic acids is 1. The fourth-order valence-corrected chi connectivity index (χ4v) is 1.10. The van der Waals surface area contributed by atoms with Crippen LogP contribution in [0.4, 0.5) is 0 Å². The number of nitrogens with two attached hydrogens (primary N) is 1. The second-order valence-electron chi connectivity index (χ2n) is 2.87. The van der Waals surface area contributed by atoms with E-state index in [-0.39, 0.29) is 5.57 Å². The zero-order chi connectivity index (χ0) is 11.3. The van der Waals surface area contributed by atoms with Crippen molar-refractivity contribution in [3.05, 3.63) is 35.8 Å². The summed E-state index contributed by atoms with van der Waals surface area (Å²) >= 11 is 0. The van der Waals surface area contributed by atoms with Gasteiger partial charge in [-0.25, -0.2) is 4.79 Å². The second kappa shape index (κ2) is 5.11. The van der Waals surface area contributed by atoms with Gasteiger partial charge in [0.1, 0.15) is 5.57 Å². The van der Waals surface area contributed by atoms with Crippen molar-refractivity contribution in [3.63, 3.8) is 0 Å². The van der Waals surface area contributed by atoms with Gasteiger partial charge in [0.05, 0.1) is 12.3 Å². The minimum atomic E-state index is -1.09. The molecule has 0 atom stereocenters. The Morgan fingerprint density at radius 2 is 2.40 bits per heavy atom. The molecule has 0 aliphatic heterocycles. The molecule has 0 radical (unpaired) electrons. The van der Waals surface area contributed by atoms with Crippen LogP contribution in [0.5, 0.6) is 0 Å². The highest BCUT2D eigenvalue weighted by molar-refractivity contribution is 6.14. The first-order chi connectivity index (χ1) is 7.19. The van der Waals surface area contributed by atoms with Crippen LogP contribution in [-0.4, -0.2) is 23.2 Å². The predicted octanol–water partition coefficient (Wildman–Crippen LogP) is 0.612. The van der Waals surface area contributed by atoms with Crippen molar-refractivity contribution in [2.75, 3.05) is 7.11 Å². The molecule has 5 heteroatoms. The first-order valence-electron chi connectivity index (χ1n) is 4.28. The predicted molar refractivity (Wildman–Crippen MR) is 54.8 cm³/mol. The van der Waals surface area contributed by atoms with Gasteiger partial charge in [-0.15, -0.1) is 0 Å². The van der Waals surface area contributed by atoms with Crippen molar-refractivity contribution >= 4 is 11.5 Å². The number of hydrogen-bond acceptors (Lipinski definition) is 4. The molecule has 0 amide bonds. The van der Waals surface area contributed by atoms with Crippen LogP contribution >= 0.6 is 0 Å². The molecule has 1 aromatic rings. The van der Waals surface area contributed by atoms with Crippen molar-refractivity contribution in [2.24, 2.45) is 5.73 Å². The Morgan fingerprint density at radius 1 is 1.67 bits per heavy atom. The van der Waals surface area contributed by atoms with Crippen molar-refractivity contribution < 1.29 is 14.6 Å². The first kappa shape index (κ1) is 11.2. The SMILES string of the molecule is COCc1ccc(/C(=C\N)C(=O)O)nc1. The van der Waals surface area contributed by atoms with E-state index in [9.17, 15) is 4.79 Å². The molecule has 0 bridgehead atoms. The lowest BCUT2D eigenvalue weighted by atomic mass is 10.1. The van der Waals surface area contributed by atoms with Crippen molar-refractivity contribution in [3.8, 4) is 0 Å². The summed E-state index contributed by atoms with van der Waals surface area (Å²) in [7, 11) is 1.58. The van der Waals surface area contributed by atoms with E-state index >= 15 is 0 Å². The topological polar surface area (TPSA) is 85.4 Å². The Balaban J connectivity index is 2.92. The Kier molecular flexibility index (Phi) is 3.82. The van der Waals surface area contributed by atoms with E-state index in [2.05, 4.69) is 4.98 Å². The van der Waals surface area contributed by atoms with Crippen LogP contribution in [-0.2, 0) is 16.1 Å². The van der Waals surface area contributed by atoms with Gasteiger partial charge in [-0.1, -0.05) is 6.07 Å². The molecule has 0 saturated carbocycles. The zero-order valence-electron chi connectivity index (χ0n) is 8.30. The van der Waals surface area contributed by atoms with Gasteiger partial charge >= 0.3 is 5.97 Å². The summed E-state index contributed by atoms with van der Waals surface area (Å²) in [5.74, 6) is -1.09. The molecular formula is C10H12N2O3. The normalized spacial score (nSPS) is 11.4. The number of rotatable bonds is 4. The molecule has 0 aliphatic carbocycles. The Bertz CT molecular complexity index is 371. The van der Waals surface area contributed by atoms with E-state index in [4.69, 9.17) is 15.6 Å². The lowest BCUT2D eigenvalue weighted by molar-refractivity contribution is -0.130. The molecule has 3 N–H and O–H groups in total. The summed E-state index contributed by atoms with van der Waals surface area (Å²) < 4.78 is 4.91. The monoisotopic (exact) mass is 208 g/mol. The maximum absolute atomic E-state index is 10.7. The maximum atomic E-state index is 10.7. The third kappa shape index (κ3) is 2.78. The summed E-state index contributed by atoms with van der Waals surface area (Å²) in [4.78, 5) is 14.7. The molecule has 0 saturated heterocycles. The summed E-state index contributed by atoms with van der Waals surface area (Å²) in [6, 6.07) is 3.35. The molecule has 1 heterocycles. The third-order valence-corrected chi connectivity index (χ3v) is 1.81.